The van der Waals surface area contributed by atoms with Gasteiger partial charge in [0.2, 0.25) is 0 Å². The van der Waals surface area contributed by atoms with Crippen LogP contribution >= 0.6 is 0 Å². The van der Waals surface area contributed by atoms with E-state index in [0.29, 0.717) is 0 Å². The SMILES string of the molecule is C.COc1cc2c(cc1OC)C1Cc3c(n(CO)c4ccc(F)cc34)CN1CC2. The van der Waals surface area contributed by atoms with Gasteiger partial charge in [0.1, 0.15) is 12.5 Å². The molecule has 0 radical (unpaired) electrons. The molecule has 0 saturated carbocycles. The Kier molecular flexibility index (Phi) is 5.00. The molecule has 5 nitrogen and oxygen atoms in total. The number of rotatable bonds is 3. The van der Waals surface area contributed by atoms with Crippen LogP contribution in [-0.4, -0.2) is 35.3 Å². The summed E-state index contributed by atoms with van der Waals surface area (Å²) in [5.41, 5.74) is 5.63. The van der Waals surface area contributed by atoms with Crippen molar-refractivity contribution in [3.63, 3.8) is 0 Å². The van der Waals surface area contributed by atoms with E-state index in [1.807, 2.05) is 4.57 Å². The van der Waals surface area contributed by atoms with Crippen LogP contribution in [0.3, 0.4) is 0 Å². The third-order valence-electron chi connectivity index (χ3n) is 6.25. The number of halogens is 1. The van der Waals surface area contributed by atoms with Crippen LogP contribution < -0.4 is 9.47 Å². The average molecular weight is 398 g/mol. The van der Waals surface area contributed by atoms with Gasteiger partial charge in [-0.1, -0.05) is 7.43 Å². The summed E-state index contributed by atoms with van der Waals surface area (Å²) in [6, 6.07) is 9.19. The Morgan fingerprint density at radius 3 is 2.62 bits per heavy atom. The van der Waals surface area contributed by atoms with Crippen molar-refractivity contribution in [2.24, 2.45) is 0 Å². The first kappa shape index (κ1) is 19.7. The molecule has 29 heavy (non-hydrogen) atoms. The fraction of sp³-hybridized carbons (Fsp3) is 0.391. The van der Waals surface area contributed by atoms with Crippen molar-refractivity contribution in [1.82, 2.24) is 9.47 Å². The molecule has 0 spiro atoms. The minimum Gasteiger partial charge on any atom is -0.493 e. The molecule has 6 heteroatoms. The molecule has 3 aromatic rings. The molecule has 5 rings (SSSR count). The fourth-order valence-corrected chi connectivity index (χ4v) is 4.91. The normalized spacial score (nSPS) is 17.9. The van der Waals surface area contributed by atoms with Gasteiger partial charge in [-0.25, -0.2) is 4.39 Å². The number of methoxy groups -OCH3 is 2. The Morgan fingerprint density at radius 1 is 1.14 bits per heavy atom. The third kappa shape index (κ3) is 2.90. The van der Waals surface area contributed by atoms with Crippen LogP contribution in [0.15, 0.2) is 30.3 Å². The highest BCUT2D eigenvalue weighted by Crippen LogP contribution is 2.44. The molecule has 2 aliphatic heterocycles. The number of nitrogens with zero attached hydrogens (tertiary/aromatic N) is 2. The fourth-order valence-electron chi connectivity index (χ4n) is 4.91. The van der Waals surface area contributed by atoms with Gasteiger partial charge in [-0.15, -0.1) is 0 Å². The topological polar surface area (TPSA) is 46.9 Å². The third-order valence-corrected chi connectivity index (χ3v) is 6.25. The van der Waals surface area contributed by atoms with Crippen molar-refractivity contribution >= 4 is 10.9 Å². The summed E-state index contributed by atoms with van der Waals surface area (Å²) in [6.07, 6.45) is 1.72. The number of aliphatic hydroxyl groups is 1. The van der Waals surface area contributed by atoms with Crippen molar-refractivity contribution in [2.75, 3.05) is 20.8 Å². The summed E-state index contributed by atoms with van der Waals surface area (Å²) in [5, 5.41) is 10.8. The quantitative estimate of drug-likeness (QED) is 0.723. The maximum absolute atomic E-state index is 14.0. The lowest BCUT2D eigenvalue weighted by Gasteiger charge is -2.41. The van der Waals surface area contributed by atoms with E-state index in [0.717, 1.165) is 59.6 Å². The van der Waals surface area contributed by atoms with E-state index >= 15 is 0 Å². The second kappa shape index (κ2) is 7.35. The highest BCUT2D eigenvalue weighted by molar-refractivity contribution is 5.86. The number of aliphatic hydroxyl groups excluding tert-OH is 1. The average Bonchev–Trinajstić information content (AvgIpc) is 3.02. The van der Waals surface area contributed by atoms with E-state index < -0.39 is 0 Å². The first-order valence-corrected chi connectivity index (χ1v) is 9.53. The molecule has 1 atom stereocenters. The number of hydrogen-bond acceptors (Lipinski definition) is 4. The Labute approximate surface area is 170 Å². The Morgan fingerprint density at radius 2 is 1.90 bits per heavy atom. The number of fused-ring (bicyclic) bond motifs is 6. The van der Waals surface area contributed by atoms with Crippen molar-refractivity contribution in [3.05, 3.63) is 58.5 Å². The van der Waals surface area contributed by atoms with E-state index in [2.05, 4.69) is 17.0 Å². The second-order valence-electron chi connectivity index (χ2n) is 7.50. The smallest absolute Gasteiger partial charge is 0.161 e. The first-order valence-electron chi connectivity index (χ1n) is 9.53. The van der Waals surface area contributed by atoms with E-state index in [4.69, 9.17) is 9.47 Å². The predicted molar refractivity (Wildman–Crippen MR) is 111 cm³/mol. The minimum absolute atomic E-state index is 0. The van der Waals surface area contributed by atoms with E-state index in [-0.39, 0.29) is 26.0 Å². The standard InChI is InChI=1S/C22H23FN2O3.CH4/c1-27-21-7-13-5-6-24-11-20-17(9-19(24)15(13)10-22(21)28-2)16-8-14(23)3-4-18(16)25(20)12-26;/h3-4,7-8,10,19,26H,5-6,9,11-12H2,1-2H3;1H4. The summed E-state index contributed by atoms with van der Waals surface area (Å²) in [4.78, 5) is 2.44. The lowest BCUT2D eigenvalue weighted by Crippen LogP contribution is -2.39. The maximum Gasteiger partial charge on any atom is 0.161 e. The Balaban J connectivity index is 0.00000205. The lowest BCUT2D eigenvalue weighted by atomic mass is 9.85. The molecular weight excluding hydrogens is 371 g/mol. The second-order valence-corrected chi connectivity index (χ2v) is 7.50. The molecule has 1 N–H and O–H groups in total. The summed E-state index contributed by atoms with van der Waals surface area (Å²) in [5.74, 6) is 1.24. The summed E-state index contributed by atoms with van der Waals surface area (Å²) in [7, 11) is 3.31. The van der Waals surface area contributed by atoms with Gasteiger partial charge < -0.3 is 19.1 Å². The Hall–Kier alpha value is -2.57. The van der Waals surface area contributed by atoms with Gasteiger partial charge in [0.05, 0.1) is 19.7 Å². The van der Waals surface area contributed by atoms with Crippen molar-refractivity contribution < 1.29 is 19.0 Å². The highest BCUT2D eigenvalue weighted by atomic mass is 19.1. The van der Waals surface area contributed by atoms with Crippen LogP contribution in [-0.2, 0) is 26.1 Å². The molecule has 0 aliphatic carbocycles. The number of benzene rings is 2. The van der Waals surface area contributed by atoms with Gasteiger partial charge in [0.25, 0.3) is 0 Å². The van der Waals surface area contributed by atoms with Crippen molar-refractivity contribution in [1.29, 1.82) is 0 Å². The van der Waals surface area contributed by atoms with Crippen LogP contribution in [0, 0.1) is 5.82 Å². The molecule has 0 saturated heterocycles. The van der Waals surface area contributed by atoms with E-state index in [9.17, 15) is 9.50 Å². The first-order chi connectivity index (χ1) is 13.6. The van der Waals surface area contributed by atoms with Crippen molar-refractivity contribution in [2.45, 2.75) is 39.6 Å². The maximum atomic E-state index is 14.0. The van der Waals surface area contributed by atoms with Gasteiger partial charge in [-0.3, -0.25) is 4.90 Å². The minimum atomic E-state index is -0.247. The zero-order chi connectivity index (χ0) is 19.4. The number of aromatic nitrogens is 1. The van der Waals surface area contributed by atoms with E-state index in [1.165, 1.54) is 17.2 Å². The molecule has 3 heterocycles. The van der Waals surface area contributed by atoms with Gasteiger partial charge in [0, 0.05) is 30.2 Å². The molecule has 154 valence electrons. The monoisotopic (exact) mass is 398 g/mol. The van der Waals surface area contributed by atoms with Crippen LogP contribution in [0.25, 0.3) is 10.9 Å². The number of ether oxygens (including phenoxy) is 2. The van der Waals surface area contributed by atoms with Gasteiger partial charge >= 0.3 is 0 Å². The largest absolute Gasteiger partial charge is 0.493 e. The molecular formula is C23H27FN2O3. The predicted octanol–water partition coefficient (Wildman–Crippen LogP) is 4.04. The zero-order valence-corrected chi connectivity index (χ0v) is 16.0. The molecule has 0 bridgehead atoms. The van der Waals surface area contributed by atoms with Gasteiger partial charge in [-0.05, 0) is 59.9 Å². The van der Waals surface area contributed by atoms with Crippen LogP contribution in [0.4, 0.5) is 4.39 Å². The highest BCUT2D eigenvalue weighted by Gasteiger charge is 2.35. The molecule has 0 amide bonds. The van der Waals surface area contributed by atoms with Crippen molar-refractivity contribution in [3.8, 4) is 11.5 Å². The van der Waals surface area contributed by atoms with E-state index in [1.54, 1.807) is 26.4 Å². The van der Waals surface area contributed by atoms with Gasteiger partial charge in [-0.2, -0.15) is 0 Å². The summed E-state index contributed by atoms with van der Waals surface area (Å²) >= 11 is 0. The summed E-state index contributed by atoms with van der Waals surface area (Å²) in [6.45, 7) is 1.58. The van der Waals surface area contributed by atoms with Crippen LogP contribution in [0.5, 0.6) is 11.5 Å². The molecule has 0 fully saturated rings. The number of hydrogen-bond donors (Lipinski definition) is 1. The Bertz CT molecular complexity index is 1080. The lowest BCUT2D eigenvalue weighted by molar-refractivity contribution is 0.145. The molecule has 1 unspecified atom stereocenters. The van der Waals surface area contributed by atoms with Crippen LogP contribution in [0.2, 0.25) is 0 Å². The summed E-state index contributed by atoms with van der Waals surface area (Å²) < 4.78 is 26.9. The van der Waals surface area contributed by atoms with Gasteiger partial charge in [0.15, 0.2) is 11.5 Å². The van der Waals surface area contributed by atoms with Crippen LogP contribution in [0.1, 0.15) is 35.9 Å². The zero-order valence-electron chi connectivity index (χ0n) is 16.0. The molecule has 2 aliphatic rings. The molecule has 2 aromatic carbocycles. The molecule has 1 aromatic heterocycles.